The molecule has 0 atom stereocenters. The van der Waals surface area contributed by atoms with Crippen LogP contribution in [0.3, 0.4) is 0 Å². The number of rotatable bonds is 5. The molecule has 1 amide bonds. The van der Waals surface area contributed by atoms with Crippen molar-refractivity contribution in [2.45, 2.75) is 33.5 Å². The molecule has 0 heterocycles. The van der Waals surface area contributed by atoms with E-state index in [9.17, 15) is 9.59 Å². The first-order chi connectivity index (χ1) is 8.86. The molecule has 0 aliphatic carbocycles. The van der Waals surface area contributed by atoms with Gasteiger partial charge in [-0.05, 0) is 19.0 Å². The molecule has 1 aromatic rings. The lowest BCUT2D eigenvalue weighted by atomic mass is 10.1. The summed E-state index contributed by atoms with van der Waals surface area (Å²) in [4.78, 5) is 25.7. The van der Waals surface area contributed by atoms with Crippen LogP contribution >= 0.6 is 0 Å². The third-order valence-electron chi connectivity index (χ3n) is 3.30. The van der Waals surface area contributed by atoms with Crippen molar-refractivity contribution < 1.29 is 9.59 Å². The van der Waals surface area contributed by atoms with E-state index < -0.39 is 8.07 Å². The number of hydrogen-bond acceptors (Lipinski definition) is 2. The fraction of sp³-hybridized carbons (Fsp3) is 0.467. The summed E-state index contributed by atoms with van der Waals surface area (Å²) in [5.41, 5.74) is 1.12. The average molecular weight is 277 g/mol. The Morgan fingerprint density at radius 1 is 1.21 bits per heavy atom. The molecular weight excluding hydrogens is 254 g/mol. The fourth-order valence-corrected chi connectivity index (χ4v) is 3.80. The van der Waals surface area contributed by atoms with Crippen molar-refractivity contribution in [3.63, 3.8) is 0 Å². The topological polar surface area (TPSA) is 37.4 Å². The summed E-state index contributed by atoms with van der Waals surface area (Å²) in [6.07, 6.45) is 0.792. The zero-order chi connectivity index (χ0) is 14.6. The van der Waals surface area contributed by atoms with Gasteiger partial charge in [0.1, 0.15) is 0 Å². The Balaban J connectivity index is 3.46. The third-order valence-corrected chi connectivity index (χ3v) is 5.33. The molecule has 0 saturated carbocycles. The van der Waals surface area contributed by atoms with Crippen molar-refractivity contribution in [2.75, 3.05) is 13.1 Å². The van der Waals surface area contributed by atoms with Gasteiger partial charge in [0.05, 0.1) is 8.07 Å². The van der Waals surface area contributed by atoms with E-state index in [1.807, 2.05) is 26.0 Å². The summed E-state index contributed by atoms with van der Waals surface area (Å²) in [6.45, 7) is 11.8. The molecule has 0 N–H and O–H groups in total. The zero-order valence-corrected chi connectivity index (χ0v) is 13.5. The molecule has 0 aliphatic heterocycles. The van der Waals surface area contributed by atoms with Crippen molar-refractivity contribution in [2.24, 2.45) is 0 Å². The van der Waals surface area contributed by atoms with Gasteiger partial charge in [0.15, 0.2) is 6.29 Å². The molecule has 0 saturated heterocycles. The van der Waals surface area contributed by atoms with E-state index in [-0.39, 0.29) is 5.91 Å². The molecule has 0 unspecified atom stereocenters. The lowest BCUT2D eigenvalue weighted by Crippen LogP contribution is -2.45. The van der Waals surface area contributed by atoms with Gasteiger partial charge in [0, 0.05) is 24.2 Å². The van der Waals surface area contributed by atoms with Crippen LogP contribution in [0.4, 0.5) is 0 Å². The highest BCUT2D eigenvalue weighted by Crippen LogP contribution is 2.14. The highest BCUT2D eigenvalue weighted by Gasteiger charge is 2.27. The number of aldehydes is 1. The van der Waals surface area contributed by atoms with Crippen molar-refractivity contribution in [1.82, 2.24) is 4.90 Å². The molecule has 0 bridgehead atoms. The van der Waals surface area contributed by atoms with Crippen LogP contribution in [0.1, 0.15) is 34.6 Å². The Kier molecular flexibility index (Phi) is 5.06. The molecule has 0 spiro atoms. The van der Waals surface area contributed by atoms with Crippen LogP contribution in [-0.4, -0.2) is 38.3 Å². The molecule has 1 aromatic carbocycles. The summed E-state index contributed by atoms with van der Waals surface area (Å²) in [5, 5.41) is 1.06. The first kappa shape index (κ1) is 15.6. The van der Waals surface area contributed by atoms with Gasteiger partial charge in [-0.25, -0.2) is 0 Å². The molecule has 0 aliphatic rings. The Morgan fingerprint density at radius 3 is 2.21 bits per heavy atom. The van der Waals surface area contributed by atoms with E-state index in [4.69, 9.17) is 0 Å². The Morgan fingerprint density at radius 2 is 1.79 bits per heavy atom. The maximum absolute atomic E-state index is 12.6. The van der Waals surface area contributed by atoms with Crippen LogP contribution in [0, 0.1) is 0 Å². The van der Waals surface area contributed by atoms with Crippen molar-refractivity contribution in [3.05, 3.63) is 29.3 Å². The molecule has 104 valence electrons. The number of nitrogens with zero attached hydrogens (tertiary/aromatic N) is 1. The van der Waals surface area contributed by atoms with E-state index in [0.717, 1.165) is 11.5 Å². The van der Waals surface area contributed by atoms with Gasteiger partial charge >= 0.3 is 0 Å². The smallest absolute Gasteiger partial charge is 0.254 e. The molecule has 0 radical (unpaired) electrons. The van der Waals surface area contributed by atoms with Crippen molar-refractivity contribution >= 4 is 25.5 Å². The summed E-state index contributed by atoms with van der Waals surface area (Å²) in [7, 11) is -1.67. The number of hydrogen-bond donors (Lipinski definition) is 0. The fourth-order valence-electron chi connectivity index (χ4n) is 2.20. The molecular formula is C15H23NO2Si. The summed E-state index contributed by atoms with van der Waals surface area (Å²) < 4.78 is 0. The zero-order valence-electron chi connectivity index (χ0n) is 12.5. The maximum Gasteiger partial charge on any atom is 0.254 e. The van der Waals surface area contributed by atoms with Crippen LogP contribution in [0.5, 0.6) is 0 Å². The highest BCUT2D eigenvalue weighted by molar-refractivity contribution is 6.89. The predicted molar refractivity (Wildman–Crippen MR) is 82.1 cm³/mol. The molecule has 19 heavy (non-hydrogen) atoms. The van der Waals surface area contributed by atoms with Crippen LogP contribution in [0.15, 0.2) is 18.2 Å². The van der Waals surface area contributed by atoms with Crippen LogP contribution in [-0.2, 0) is 0 Å². The summed E-state index contributed by atoms with van der Waals surface area (Å²) >= 11 is 0. The first-order valence-corrected chi connectivity index (χ1v) is 10.2. The molecule has 0 fully saturated rings. The summed E-state index contributed by atoms with van der Waals surface area (Å²) in [6, 6.07) is 5.60. The summed E-state index contributed by atoms with van der Waals surface area (Å²) in [5.74, 6) is -0.0230. The van der Waals surface area contributed by atoms with Gasteiger partial charge < -0.3 is 4.90 Å². The van der Waals surface area contributed by atoms with Gasteiger partial charge in [0.25, 0.3) is 5.91 Å². The first-order valence-electron chi connectivity index (χ1n) is 6.74. The Hall–Kier alpha value is -1.42. The van der Waals surface area contributed by atoms with Gasteiger partial charge in [-0.15, -0.1) is 0 Å². The number of carbonyl (C=O) groups excluding carboxylic acids is 2. The average Bonchev–Trinajstić information content (AvgIpc) is 2.38. The van der Waals surface area contributed by atoms with Gasteiger partial charge in [-0.2, -0.15) is 0 Å². The Bertz CT molecular complexity index is 474. The minimum atomic E-state index is -1.67. The van der Waals surface area contributed by atoms with E-state index in [2.05, 4.69) is 19.6 Å². The number of carbonyl (C=O) groups is 2. The Labute approximate surface area is 116 Å². The van der Waals surface area contributed by atoms with Crippen molar-refractivity contribution in [3.8, 4) is 0 Å². The maximum atomic E-state index is 12.6. The van der Waals surface area contributed by atoms with E-state index >= 15 is 0 Å². The van der Waals surface area contributed by atoms with Crippen molar-refractivity contribution in [1.29, 1.82) is 0 Å². The van der Waals surface area contributed by atoms with Crippen LogP contribution in [0.2, 0.25) is 19.6 Å². The second-order valence-electron chi connectivity index (χ2n) is 5.62. The largest absolute Gasteiger partial charge is 0.339 e. The number of benzene rings is 1. The van der Waals surface area contributed by atoms with Crippen LogP contribution in [0.25, 0.3) is 0 Å². The van der Waals surface area contributed by atoms with Gasteiger partial charge in [-0.3, -0.25) is 9.59 Å². The third kappa shape index (κ3) is 3.32. The standard InChI is InChI=1S/C15H23NO2Si/c1-6-16(7-2)15(18)14-12(11-17)9-8-10-13(14)19(3,4)5/h8-11H,6-7H2,1-5H3. The monoisotopic (exact) mass is 277 g/mol. The SMILES string of the molecule is CCN(CC)C(=O)c1c(C=O)cccc1[Si](C)(C)C. The normalized spacial score (nSPS) is 11.2. The number of amides is 1. The predicted octanol–water partition coefficient (Wildman–Crippen LogP) is 2.53. The molecule has 3 nitrogen and oxygen atoms in total. The molecule has 0 aromatic heterocycles. The van der Waals surface area contributed by atoms with Gasteiger partial charge in [0.2, 0.25) is 0 Å². The second-order valence-corrected chi connectivity index (χ2v) is 10.7. The quantitative estimate of drug-likeness (QED) is 0.612. The van der Waals surface area contributed by atoms with E-state index in [1.165, 1.54) is 0 Å². The molecule has 4 heteroatoms. The second kappa shape index (κ2) is 6.15. The minimum absolute atomic E-state index is 0.0230. The highest BCUT2D eigenvalue weighted by atomic mass is 28.3. The minimum Gasteiger partial charge on any atom is -0.339 e. The van der Waals surface area contributed by atoms with Gasteiger partial charge in [-0.1, -0.05) is 37.8 Å². The van der Waals surface area contributed by atoms with Crippen LogP contribution < -0.4 is 5.19 Å². The molecule has 1 rings (SSSR count). The van der Waals surface area contributed by atoms with E-state index in [0.29, 0.717) is 24.2 Å². The van der Waals surface area contributed by atoms with E-state index in [1.54, 1.807) is 11.0 Å². The lowest BCUT2D eigenvalue weighted by molar-refractivity contribution is 0.0771. The lowest BCUT2D eigenvalue weighted by Gasteiger charge is -2.26.